The molecule has 134 valence electrons. The number of furan rings is 1. The summed E-state index contributed by atoms with van der Waals surface area (Å²) in [6.45, 7) is -0.339. The fourth-order valence-corrected chi connectivity index (χ4v) is 4.07. The summed E-state index contributed by atoms with van der Waals surface area (Å²) in [5.41, 5.74) is 1.42. The minimum Gasteiger partial charge on any atom is -0.453 e. The molecule has 6 heteroatoms. The first-order chi connectivity index (χ1) is 13.1. The molecule has 6 nitrogen and oxygen atoms in total. The Kier molecular flexibility index (Phi) is 3.25. The molecule has 2 aromatic carbocycles. The number of aryl methyl sites for hydroxylation is 1. The van der Waals surface area contributed by atoms with Crippen molar-refractivity contribution in [3.05, 3.63) is 71.5 Å². The lowest BCUT2D eigenvalue weighted by molar-refractivity contribution is -0.131. The van der Waals surface area contributed by atoms with Crippen molar-refractivity contribution in [2.45, 2.75) is 18.4 Å². The molecule has 1 aliphatic heterocycles. The van der Waals surface area contributed by atoms with Crippen LogP contribution in [0.1, 0.15) is 28.1 Å². The maximum atomic E-state index is 13.1. The summed E-state index contributed by atoms with van der Waals surface area (Å²) in [6, 6.07) is 16.0. The molecule has 0 unspecified atom stereocenters. The van der Waals surface area contributed by atoms with Crippen molar-refractivity contribution >= 4 is 28.7 Å². The molecular formula is C21H16N2O4. The molecule has 5 rings (SSSR count). The summed E-state index contributed by atoms with van der Waals surface area (Å²) in [5.74, 6) is -0.635. The highest BCUT2D eigenvalue weighted by atomic mass is 16.3. The predicted molar refractivity (Wildman–Crippen MR) is 97.2 cm³/mol. The Balaban J connectivity index is 1.44. The third kappa shape index (κ3) is 2.23. The molecule has 3 amide bonds. The number of hydrogen-bond donors (Lipinski definition) is 1. The average Bonchev–Trinajstić information content (AvgIpc) is 3.34. The number of para-hydroxylation sites is 1. The van der Waals surface area contributed by atoms with Crippen LogP contribution in [0, 0.1) is 0 Å². The van der Waals surface area contributed by atoms with Gasteiger partial charge in [-0.2, -0.15) is 0 Å². The van der Waals surface area contributed by atoms with Crippen molar-refractivity contribution in [1.29, 1.82) is 0 Å². The van der Waals surface area contributed by atoms with Gasteiger partial charge in [-0.15, -0.1) is 0 Å². The minimum absolute atomic E-state index is 0.143. The van der Waals surface area contributed by atoms with Gasteiger partial charge in [0.25, 0.3) is 5.91 Å². The third-order valence-electron chi connectivity index (χ3n) is 5.42. The second kappa shape index (κ2) is 5.54. The van der Waals surface area contributed by atoms with Crippen LogP contribution in [0.5, 0.6) is 0 Å². The fraction of sp³-hybridized carbons (Fsp3) is 0.190. The van der Waals surface area contributed by atoms with E-state index in [1.54, 1.807) is 12.1 Å². The number of benzene rings is 2. The Hall–Kier alpha value is -3.41. The van der Waals surface area contributed by atoms with Gasteiger partial charge < -0.3 is 9.73 Å². The molecular weight excluding hydrogens is 344 g/mol. The lowest BCUT2D eigenvalue weighted by Gasteiger charge is -2.22. The van der Waals surface area contributed by atoms with Crippen LogP contribution in [0.15, 0.2) is 59.0 Å². The van der Waals surface area contributed by atoms with E-state index in [9.17, 15) is 14.4 Å². The van der Waals surface area contributed by atoms with E-state index in [0.29, 0.717) is 18.4 Å². The molecule has 0 saturated carbocycles. The van der Waals surface area contributed by atoms with E-state index in [4.69, 9.17) is 4.42 Å². The maximum absolute atomic E-state index is 13.1. The fourth-order valence-electron chi connectivity index (χ4n) is 4.07. The number of rotatable bonds is 3. The number of carbonyl (C=O) groups is 3. The van der Waals surface area contributed by atoms with Crippen LogP contribution >= 0.6 is 0 Å². The van der Waals surface area contributed by atoms with Crippen molar-refractivity contribution < 1.29 is 18.8 Å². The topological polar surface area (TPSA) is 79.6 Å². The molecule has 0 bridgehead atoms. The van der Waals surface area contributed by atoms with Gasteiger partial charge in [0.2, 0.25) is 5.78 Å². The van der Waals surface area contributed by atoms with E-state index < -0.39 is 17.4 Å². The monoisotopic (exact) mass is 360 g/mol. The van der Waals surface area contributed by atoms with Gasteiger partial charge in [-0.25, -0.2) is 4.79 Å². The SMILES string of the molecule is O=C(CN1C(=O)N[C@@]2(CCc3ccccc32)C1=O)c1cc2ccccc2o1. The highest BCUT2D eigenvalue weighted by Crippen LogP contribution is 2.41. The lowest BCUT2D eigenvalue weighted by atomic mass is 9.92. The number of amides is 3. The van der Waals surface area contributed by atoms with E-state index >= 15 is 0 Å². The van der Waals surface area contributed by atoms with Gasteiger partial charge in [-0.1, -0.05) is 42.5 Å². The normalized spacial score (nSPS) is 21.1. The number of ketones is 1. The molecule has 1 spiro atoms. The second-order valence-electron chi connectivity index (χ2n) is 6.96. The zero-order chi connectivity index (χ0) is 18.6. The second-order valence-corrected chi connectivity index (χ2v) is 6.96. The Morgan fingerprint density at radius 3 is 2.74 bits per heavy atom. The highest BCUT2D eigenvalue weighted by Gasteiger charge is 2.55. The van der Waals surface area contributed by atoms with Crippen LogP contribution in [-0.2, 0) is 16.8 Å². The Morgan fingerprint density at radius 2 is 1.89 bits per heavy atom. The Bertz CT molecular complexity index is 1080. The van der Waals surface area contributed by atoms with Crippen molar-refractivity contribution in [1.82, 2.24) is 10.2 Å². The largest absolute Gasteiger partial charge is 0.453 e. The molecule has 2 aliphatic rings. The first kappa shape index (κ1) is 15.8. The smallest absolute Gasteiger partial charge is 0.325 e. The van der Waals surface area contributed by atoms with Gasteiger partial charge >= 0.3 is 6.03 Å². The molecule has 1 aliphatic carbocycles. The van der Waals surface area contributed by atoms with Crippen molar-refractivity contribution in [3.8, 4) is 0 Å². The number of nitrogens with zero attached hydrogens (tertiary/aromatic N) is 1. The van der Waals surface area contributed by atoms with Crippen molar-refractivity contribution in [2.75, 3.05) is 6.54 Å². The number of urea groups is 1. The summed E-state index contributed by atoms with van der Waals surface area (Å²) in [5, 5.41) is 3.63. The van der Waals surface area contributed by atoms with E-state index in [1.165, 1.54) is 0 Å². The number of imide groups is 1. The maximum Gasteiger partial charge on any atom is 0.325 e. The third-order valence-corrected chi connectivity index (χ3v) is 5.42. The lowest BCUT2D eigenvalue weighted by Crippen LogP contribution is -2.42. The molecule has 1 fully saturated rings. The minimum atomic E-state index is -1.05. The number of fused-ring (bicyclic) bond motifs is 3. The molecule has 27 heavy (non-hydrogen) atoms. The van der Waals surface area contributed by atoms with Crippen LogP contribution in [0.3, 0.4) is 0 Å². The summed E-state index contributed by atoms with van der Waals surface area (Å²) >= 11 is 0. The zero-order valence-electron chi connectivity index (χ0n) is 14.4. The van der Waals surface area contributed by atoms with Crippen molar-refractivity contribution in [3.63, 3.8) is 0 Å². The van der Waals surface area contributed by atoms with Gasteiger partial charge in [-0.05, 0) is 36.1 Å². The molecule has 0 radical (unpaired) electrons. The van der Waals surface area contributed by atoms with Crippen LogP contribution in [0.25, 0.3) is 11.0 Å². The zero-order valence-corrected chi connectivity index (χ0v) is 14.4. The number of hydrogen-bond acceptors (Lipinski definition) is 4. The molecule has 1 atom stereocenters. The predicted octanol–water partition coefficient (Wildman–Crippen LogP) is 3.01. The summed E-state index contributed by atoms with van der Waals surface area (Å²) in [4.78, 5) is 39.2. The van der Waals surface area contributed by atoms with Crippen LogP contribution in [-0.4, -0.2) is 29.2 Å². The summed E-state index contributed by atoms with van der Waals surface area (Å²) in [6.07, 6.45) is 1.22. The van der Waals surface area contributed by atoms with E-state index in [2.05, 4.69) is 5.32 Å². The number of Topliss-reactive ketones (excluding diaryl/α,β-unsaturated/α-hetero) is 1. The van der Waals surface area contributed by atoms with Gasteiger partial charge in [0.15, 0.2) is 5.76 Å². The molecule has 1 aromatic heterocycles. The number of carbonyl (C=O) groups excluding carboxylic acids is 3. The Morgan fingerprint density at radius 1 is 1.11 bits per heavy atom. The Labute approximate surface area is 154 Å². The summed E-state index contributed by atoms with van der Waals surface area (Å²) < 4.78 is 5.56. The van der Waals surface area contributed by atoms with E-state index in [0.717, 1.165) is 21.4 Å². The quantitative estimate of drug-likeness (QED) is 0.575. The van der Waals surface area contributed by atoms with Crippen LogP contribution in [0.2, 0.25) is 0 Å². The van der Waals surface area contributed by atoms with Crippen LogP contribution < -0.4 is 5.32 Å². The van der Waals surface area contributed by atoms with Gasteiger partial charge in [-0.3, -0.25) is 14.5 Å². The molecule has 1 saturated heterocycles. The van der Waals surface area contributed by atoms with E-state index in [-0.39, 0.29) is 18.2 Å². The summed E-state index contributed by atoms with van der Waals surface area (Å²) in [7, 11) is 0. The highest BCUT2D eigenvalue weighted by molar-refractivity contribution is 6.11. The van der Waals surface area contributed by atoms with Gasteiger partial charge in [0.05, 0.1) is 6.54 Å². The molecule has 1 N–H and O–H groups in total. The molecule has 3 aromatic rings. The molecule has 2 heterocycles. The number of nitrogens with one attached hydrogen (secondary N) is 1. The van der Waals surface area contributed by atoms with E-state index in [1.807, 2.05) is 42.5 Å². The van der Waals surface area contributed by atoms with Crippen LogP contribution in [0.4, 0.5) is 4.79 Å². The standard InChI is InChI=1S/C21H16N2O4/c24-16(18-11-14-6-2-4-8-17(14)27-18)12-23-19(25)21(22-20(23)26)10-9-13-5-1-3-7-15(13)21/h1-8,11H,9-10,12H2,(H,22,26)/t21-/m1/s1. The average molecular weight is 360 g/mol. The van der Waals surface area contributed by atoms with Crippen molar-refractivity contribution in [2.24, 2.45) is 0 Å². The van der Waals surface area contributed by atoms with Gasteiger partial charge in [0.1, 0.15) is 11.1 Å². The first-order valence-corrected chi connectivity index (χ1v) is 8.83. The van der Waals surface area contributed by atoms with Gasteiger partial charge in [0, 0.05) is 5.39 Å². The first-order valence-electron chi connectivity index (χ1n) is 8.83.